The lowest BCUT2D eigenvalue weighted by Crippen LogP contribution is -1.91. The fourth-order valence-corrected chi connectivity index (χ4v) is 1.13. The minimum atomic E-state index is 0.768. The molecule has 0 unspecified atom stereocenters. The zero-order chi connectivity index (χ0) is 8.97. The van der Waals surface area contributed by atoms with Crippen molar-refractivity contribution in [3.63, 3.8) is 0 Å². The molecule has 0 spiro atoms. The van der Waals surface area contributed by atoms with Gasteiger partial charge in [0.05, 0.1) is 7.11 Å². The van der Waals surface area contributed by atoms with E-state index >= 15 is 0 Å². The smallest absolute Gasteiger partial charge is 0.122 e. The number of hydrogen-bond acceptors (Lipinski definition) is 2. The number of benzene rings is 1. The molecule has 0 saturated carbocycles. The van der Waals surface area contributed by atoms with Gasteiger partial charge in [-0.05, 0) is 23.6 Å². The van der Waals surface area contributed by atoms with E-state index in [0.29, 0.717) is 0 Å². The molecule has 12 heavy (non-hydrogen) atoms. The second-order valence-corrected chi connectivity index (χ2v) is 2.55. The molecule has 1 aromatic rings. The van der Waals surface area contributed by atoms with E-state index in [4.69, 9.17) is 9.84 Å². The Morgan fingerprint density at radius 3 is 2.75 bits per heavy atom. The first-order chi connectivity index (χ1) is 5.81. The number of ether oxygens (including phenoxy) is 1. The Bertz CT molecular complexity index is 256. The third-order valence-corrected chi connectivity index (χ3v) is 1.84. The zero-order valence-corrected chi connectivity index (χ0v) is 7.37. The lowest BCUT2D eigenvalue weighted by atomic mass is 10.1. The molecule has 0 aromatic heterocycles. The summed E-state index contributed by atoms with van der Waals surface area (Å²) in [5, 5.41) is 8.74. The molecule has 0 aliphatic heterocycles. The van der Waals surface area contributed by atoms with Crippen molar-refractivity contribution >= 4 is 0 Å². The first kappa shape index (κ1) is 9.07. The van der Waals surface area contributed by atoms with Crippen molar-refractivity contribution in [2.45, 2.75) is 13.3 Å². The number of hydrogen-bond donors (Lipinski definition) is 1. The highest BCUT2D eigenvalue weighted by Crippen LogP contribution is 2.20. The van der Waals surface area contributed by atoms with Gasteiger partial charge in [-0.1, -0.05) is 19.1 Å². The largest absolute Gasteiger partial charge is 0.496 e. The van der Waals surface area contributed by atoms with Crippen molar-refractivity contribution in [2.75, 3.05) is 7.11 Å². The summed E-state index contributed by atoms with van der Waals surface area (Å²) >= 11 is 0. The van der Waals surface area contributed by atoms with Gasteiger partial charge in [0.15, 0.2) is 0 Å². The van der Waals surface area contributed by atoms with Crippen LogP contribution >= 0.6 is 0 Å². The van der Waals surface area contributed by atoms with E-state index in [9.17, 15) is 0 Å². The summed E-state index contributed by atoms with van der Waals surface area (Å²) in [6.07, 6.45) is 0.939. The molecule has 0 aliphatic carbocycles. The van der Waals surface area contributed by atoms with Crippen molar-refractivity contribution in [1.29, 1.82) is 0 Å². The molecule has 0 saturated heterocycles. The summed E-state index contributed by atoms with van der Waals surface area (Å²) < 4.78 is 5.15. The zero-order valence-electron chi connectivity index (χ0n) is 7.37. The van der Waals surface area contributed by atoms with Gasteiger partial charge in [0.25, 0.3) is 0 Å². The topological polar surface area (TPSA) is 29.5 Å². The molecule has 1 rings (SSSR count). The van der Waals surface area contributed by atoms with Gasteiger partial charge in [-0.2, -0.15) is 0 Å². The van der Waals surface area contributed by atoms with Crippen LogP contribution in [0, 0.1) is 6.61 Å². The van der Waals surface area contributed by atoms with Crippen molar-refractivity contribution in [3.8, 4) is 5.75 Å². The predicted octanol–water partition coefficient (Wildman–Crippen LogP) is 2.14. The van der Waals surface area contributed by atoms with Crippen LogP contribution in [-0.2, 0) is 6.42 Å². The molecule has 0 heterocycles. The van der Waals surface area contributed by atoms with E-state index in [0.717, 1.165) is 29.9 Å². The molecule has 0 fully saturated rings. The molecule has 0 amide bonds. The van der Waals surface area contributed by atoms with Gasteiger partial charge in [0, 0.05) is 0 Å². The monoisotopic (exact) mass is 165 g/mol. The van der Waals surface area contributed by atoms with Crippen molar-refractivity contribution in [3.05, 3.63) is 35.9 Å². The van der Waals surface area contributed by atoms with Gasteiger partial charge in [-0.3, -0.25) is 0 Å². The number of rotatable bonds is 3. The fraction of sp³-hybridized carbons (Fsp3) is 0.300. The number of aliphatic hydroxyl groups is 1. The van der Waals surface area contributed by atoms with Crippen molar-refractivity contribution in [2.24, 2.45) is 0 Å². The molecule has 0 atom stereocenters. The Morgan fingerprint density at radius 1 is 1.50 bits per heavy atom. The lowest BCUT2D eigenvalue weighted by Gasteiger charge is -2.07. The minimum Gasteiger partial charge on any atom is -0.496 e. The first-order valence-corrected chi connectivity index (χ1v) is 3.96. The Labute approximate surface area is 72.8 Å². The summed E-state index contributed by atoms with van der Waals surface area (Å²) in [6, 6.07) is 5.64. The van der Waals surface area contributed by atoms with E-state index in [1.165, 1.54) is 0 Å². The van der Waals surface area contributed by atoms with Gasteiger partial charge < -0.3 is 9.84 Å². The standard InChI is InChI=1S/C10H13O2/c1-3-9-5-4-8(7-11)6-10(9)12-2/h4-7,11H,3H2,1-2H3. The molecule has 1 N–H and O–H groups in total. The normalized spacial score (nSPS) is 9.92. The number of aryl methyl sites for hydroxylation is 1. The van der Waals surface area contributed by atoms with Crippen LogP contribution in [0.3, 0.4) is 0 Å². The van der Waals surface area contributed by atoms with Crippen molar-refractivity contribution in [1.82, 2.24) is 0 Å². The van der Waals surface area contributed by atoms with Crippen LogP contribution in [0.25, 0.3) is 0 Å². The van der Waals surface area contributed by atoms with Crippen LogP contribution in [0.15, 0.2) is 18.2 Å². The average molecular weight is 165 g/mol. The maximum atomic E-state index is 8.74. The maximum absolute atomic E-state index is 8.74. The van der Waals surface area contributed by atoms with E-state index in [1.807, 2.05) is 18.2 Å². The molecule has 1 aromatic carbocycles. The van der Waals surface area contributed by atoms with Gasteiger partial charge in [0.2, 0.25) is 0 Å². The van der Waals surface area contributed by atoms with E-state index in [-0.39, 0.29) is 0 Å². The highest BCUT2D eigenvalue weighted by molar-refractivity contribution is 5.39. The second kappa shape index (κ2) is 4.12. The fourth-order valence-electron chi connectivity index (χ4n) is 1.13. The van der Waals surface area contributed by atoms with Crippen LogP contribution in [0.4, 0.5) is 0 Å². The van der Waals surface area contributed by atoms with E-state index in [1.54, 1.807) is 7.11 Å². The van der Waals surface area contributed by atoms with Crippen molar-refractivity contribution < 1.29 is 9.84 Å². The highest BCUT2D eigenvalue weighted by Gasteiger charge is 2.01. The predicted molar refractivity (Wildman–Crippen MR) is 47.7 cm³/mol. The Balaban J connectivity index is 3.02. The Hall–Kier alpha value is -1.02. The SMILES string of the molecule is CCc1ccc([CH]O)cc1OC. The molecule has 65 valence electrons. The number of methoxy groups -OCH3 is 1. The maximum Gasteiger partial charge on any atom is 0.122 e. The van der Waals surface area contributed by atoms with Gasteiger partial charge >= 0.3 is 0 Å². The molecular weight excluding hydrogens is 152 g/mol. The molecule has 2 heteroatoms. The van der Waals surface area contributed by atoms with Crippen LogP contribution in [0.5, 0.6) is 5.75 Å². The van der Waals surface area contributed by atoms with Gasteiger partial charge in [0.1, 0.15) is 12.4 Å². The summed E-state index contributed by atoms with van der Waals surface area (Å²) in [5.74, 6) is 0.834. The molecule has 2 nitrogen and oxygen atoms in total. The average Bonchev–Trinajstić information content (AvgIpc) is 2.16. The van der Waals surface area contributed by atoms with E-state index < -0.39 is 0 Å². The van der Waals surface area contributed by atoms with Crippen LogP contribution < -0.4 is 4.74 Å². The molecule has 0 aliphatic rings. The molecule has 0 bridgehead atoms. The van der Waals surface area contributed by atoms with Crippen LogP contribution in [-0.4, -0.2) is 12.2 Å². The Morgan fingerprint density at radius 2 is 2.25 bits per heavy atom. The second-order valence-electron chi connectivity index (χ2n) is 2.55. The first-order valence-electron chi connectivity index (χ1n) is 3.96. The van der Waals surface area contributed by atoms with Crippen LogP contribution in [0.1, 0.15) is 18.1 Å². The summed E-state index contributed by atoms with van der Waals surface area (Å²) in [6.45, 7) is 3.14. The third kappa shape index (κ3) is 1.77. The minimum absolute atomic E-state index is 0.768. The van der Waals surface area contributed by atoms with Crippen LogP contribution in [0.2, 0.25) is 0 Å². The quantitative estimate of drug-likeness (QED) is 0.743. The summed E-state index contributed by atoms with van der Waals surface area (Å²) in [7, 11) is 1.63. The molecule has 1 radical (unpaired) electrons. The Kier molecular flexibility index (Phi) is 3.11. The highest BCUT2D eigenvalue weighted by atomic mass is 16.5. The summed E-state index contributed by atoms with van der Waals surface area (Å²) in [4.78, 5) is 0. The van der Waals surface area contributed by atoms with E-state index in [2.05, 4.69) is 6.92 Å². The van der Waals surface area contributed by atoms with Gasteiger partial charge in [-0.15, -0.1) is 0 Å². The summed E-state index contributed by atoms with van der Waals surface area (Å²) in [5.41, 5.74) is 1.92. The lowest BCUT2D eigenvalue weighted by molar-refractivity contribution is 0.401. The third-order valence-electron chi connectivity index (χ3n) is 1.84. The van der Waals surface area contributed by atoms with Gasteiger partial charge in [-0.25, -0.2) is 0 Å². The molecular formula is C10H13O2. The number of aliphatic hydroxyl groups excluding tert-OH is 1.